The van der Waals surface area contributed by atoms with Gasteiger partial charge >= 0.3 is 0 Å². The molecule has 3 nitrogen and oxygen atoms in total. The summed E-state index contributed by atoms with van der Waals surface area (Å²) in [6.45, 7) is 0.184. The highest BCUT2D eigenvalue weighted by Crippen LogP contribution is 2.27. The van der Waals surface area contributed by atoms with Crippen LogP contribution in [0.4, 0.5) is 0 Å². The fourth-order valence-electron chi connectivity index (χ4n) is 0.778. The van der Waals surface area contributed by atoms with Gasteiger partial charge in [0.15, 0.2) is 0 Å². The molecule has 0 aliphatic rings. The van der Waals surface area contributed by atoms with E-state index in [9.17, 15) is 0 Å². The van der Waals surface area contributed by atoms with Crippen molar-refractivity contribution in [3.05, 3.63) is 35.9 Å². The Labute approximate surface area is 102 Å². The van der Waals surface area contributed by atoms with Crippen LogP contribution in [0.1, 0.15) is 5.56 Å². The zero-order valence-electron chi connectivity index (χ0n) is 7.54. The van der Waals surface area contributed by atoms with E-state index in [1.807, 2.05) is 30.3 Å². The standard InChI is InChI=1S/C9H8Cl3NO2/c10-9(11,12)8(13)15-14-6-7-4-2-1-3-5-7/h1-5,13H,6H2. The van der Waals surface area contributed by atoms with Gasteiger partial charge in [-0.15, -0.1) is 0 Å². The van der Waals surface area contributed by atoms with Crippen molar-refractivity contribution >= 4 is 40.7 Å². The summed E-state index contributed by atoms with van der Waals surface area (Å²) in [4.78, 5) is 9.23. The Morgan fingerprint density at radius 1 is 1.20 bits per heavy atom. The molecule has 0 fully saturated rings. The van der Waals surface area contributed by atoms with Gasteiger partial charge in [0.2, 0.25) is 0 Å². The predicted octanol–water partition coefficient (Wildman–Crippen LogP) is 3.48. The maximum Gasteiger partial charge on any atom is 0.277 e. The first-order chi connectivity index (χ1) is 7.00. The molecule has 0 bridgehead atoms. The number of rotatable bonds is 3. The van der Waals surface area contributed by atoms with Crippen LogP contribution in [-0.4, -0.2) is 9.69 Å². The maximum atomic E-state index is 7.16. The Morgan fingerprint density at radius 3 is 2.33 bits per heavy atom. The van der Waals surface area contributed by atoms with Crippen molar-refractivity contribution in [2.75, 3.05) is 0 Å². The molecule has 0 radical (unpaired) electrons. The van der Waals surface area contributed by atoms with Gasteiger partial charge < -0.3 is 4.89 Å². The summed E-state index contributed by atoms with van der Waals surface area (Å²) >= 11 is 16.1. The van der Waals surface area contributed by atoms with Gasteiger partial charge in [-0.25, -0.2) is 0 Å². The molecule has 0 aliphatic heterocycles. The molecule has 0 amide bonds. The highest BCUT2D eigenvalue weighted by atomic mass is 35.6. The highest BCUT2D eigenvalue weighted by Gasteiger charge is 2.29. The second kappa shape index (κ2) is 5.56. The quantitative estimate of drug-likeness (QED) is 0.300. The van der Waals surface area contributed by atoms with Crippen molar-refractivity contribution in [1.82, 2.24) is 0 Å². The van der Waals surface area contributed by atoms with Gasteiger partial charge in [0.1, 0.15) is 6.61 Å². The molecule has 0 heterocycles. The Hall–Kier alpha value is -0.480. The van der Waals surface area contributed by atoms with Gasteiger partial charge in [-0.2, -0.15) is 4.89 Å². The minimum absolute atomic E-state index is 0.184. The molecular formula is C9H8Cl3NO2. The van der Waals surface area contributed by atoms with Crippen LogP contribution in [0, 0.1) is 5.41 Å². The predicted molar refractivity (Wildman–Crippen MR) is 60.3 cm³/mol. The molecule has 1 rings (SSSR count). The molecule has 0 aromatic heterocycles. The minimum Gasteiger partial charge on any atom is -0.317 e. The summed E-state index contributed by atoms with van der Waals surface area (Å²) < 4.78 is -1.89. The molecule has 0 aliphatic carbocycles. The minimum atomic E-state index is -1.89. The lowest BCUT2D eigenvalue weighted by Crippen LogP contribution is -2.21. The SMILES string of the molecule is N=C(OOCc1ccccc1)C(Cl)(Cl)Cl. The van der Waals surface area contributed by atoms with Crippen LogP contribution in [0.3, 0.4) is 0 Å². The third-order valence-electron chi connectivity index (χ3n) is 1.47. The third kappa shape index (κ3) is 4.71. The van der Waals surface area contributed by atoms with Gasteiger partial charge in [-0.05, 0) is 5.56 Å². The van der Waals surface area contributed by atoms with E-state index in [4.69, 9.17) is 45.1 Å². The molecule has 1 aromatic rings. The van der Waals surface area contributed by atoms with E-state index < -0.39 is 9.69 Å². The fraction of sp³-hybridized carbons (Fsp3) is 0.222. The van der Waals surface area contributed by atoms with Crippen molar-refractivity contribution < 1.29 is 9.78 Å². The fourth-order valence-corrected chi connectivity index (χ4v) is 0.872. The van der Waals surface area contributed by atoms with Gasteiger partial charge in [0, 0.05) is 0 Å². The lowest BCUT2D eigenvalue weighted by atomic mass is 10.2. The summed E-state index contributed by atoms with van der Waals surface area (Å²) in [6.07, 6.45) is 0. The highest BCUT2D eigenvalue weighted by molar-refractivity contribution is 6.75. The molecule has 82 valence electrons. The van der Waals surface area contributed by atoms with E-state index in [2.05, 4.69) is 4.89 Å². The van der Waals surface area contributed by atoms with E-state index in [0.717, 1.165) is 5.56 Å². The molecule has 6 heteroatoms. The largest absolute Gasteiger partial charge is 0.317 e. The zero-order valence-corrected chi connectivity index (χ0v) is 9.81. The van der Waals surface area contributed by atoms with Crippen molar-refractivity contribution in [1.29, 1.82) is 5.41 Å². The first kappa shape index (κ1) is 12.6. The van der Waals surface area contributed by atoms with Crippen LogP contribution in [0.2, 0.25) is 0 Å². The summed E-state index contributed by atoms with van der Waals surface area (Å²) in [7, 11) is 0. The lowest BCUT2D eigenvalue weighted by Gasteiger charge is -2.11. The molecule has 0 spiro atoms. The first-order valence-corrected chi connectivity index (χ1v) is 5.12. The topological polar surface area (TPSA) is 42.3 Å². The molecule has 0 saturated carbocycles. The van der Waals surface area contributed by atoms with Gasteiger partial charge in [-0.3, -0.25) is 5.41 Å². The number of benzene rings is 1. The van der Waals surface area contributed by atoms with Gasteiger partial charge in [0.25, 0.3) is 9.69 Å². The second-order valence-electron chi connectivity index (χ2n) is 2.66. The van der Waals surface area contributed by atoms with E-state index in [1.165, 1.54) is 0 Å². The monoisotopic (exact) mass is 267 g/mol. The Kier molecular flexibility index (Phi) is 4.67. The molecule has 0 unspecified atom stereocenters. The number of hydrogen-bond donors (Lipinski definition) is 1. The molecule has 1 aromatic carbocycles. The molecule has 15 heavy (non-hydrogen) atoms. The van der Waals surface area contributed by atoms with Gasteiger partial charge in [0.05, 0.1) is 0 Å². The number of nitrogens with one attached hydrogen (secondary N) is 1. The second-order valence-corrected chi connectivity index (χ2v) is 4.94. The van der Waals surface area contributed by atoms with E-state index >= 15 is 0 Å². The van der Waals surface area contributed by atoms with E-state index in [1.54, 1.807) is 0 Å². The number of halogens is 3. The molecule has 1 N–H and O–H groups in total. The summed E-state index contributed by atoms with van der Waals surface area (Å²) in [6, 6.07) is 9.30. The van der Waals surface area contributed by atoms with Crippen LogP contribution in [0.15, 0.2) is 30.3 Å². The maximum absolute atomic E-state index is 7.16. The number of hydrogen-bond acceptors (Lipinski definition) is 3. The average molecular weight is 269 g/mol. The van der Waals surface area contributed by atoms with Crippen LogP contribution in [0.25, 0.3) is 0 Å². The van der Waals surface area contributed by atoms with Crippen LogP contribution < -0.4 is 0 Å². The average Bonchev–Trinajstić information content (AvgIpc) is 2.18. The Morgan fingerprint density at radius 2 is 1.80 bits per heavy atom. The molecule has 0 saturated heterocycles. The summed E-state index contributed by atoms with van der Waals surface area (Å²) in [5, 5.41) is 7.16. The summed E-state index contributed by atoms with van der Waals surface area (Å²) in [5.74, 6) is -0.566. The van der Waals surface area contributed by atoms with Crippen LogP contribution in [-0.2, 0) is 16.4 Å². The first-order valence-electron chi connectivity index (χ1n) is 3.99. The van der Waals surface area contributed by atoms with Gasteiger partial charge in [-0.1, -0.05) is 65.1 Å². The molecular weight excluding hydrogens is 260 g/mol. The Balaban J connectivity index is 2.32. The van der Waals surface area contributed by atoms with Crippen LogP contribution >= 0.6 is 34.8 Å². The third-order valence-corrected chi connectivity index (χ3v) is 1.98. The van der Waals surface area contributed by atoms with Crippen molar-refractivity contribution in [2.24, 2.45) is 0 Å². The summed E-state index contributed by atoms with van der Waals surface area (Å²) in [5.41, 5.74) is 0.898. The smallest absolute Gasteiger partial charge is 0.277 e. The van der Waals surface area contributed by atoms with E-state index in [0.29, 0.717) is 0 Å². The normalized spacial score (nSPS) is 11.1. The van der Waals surface area contributed by atoms with E-state index in [-0.39, 0.29) is 6.61 Å². The zero-order chi connectivity index (χ0) is 11.3. The van der Waals surface area contributed by atoms with Crippen molar-refractivity contribution in [3.63, 3.8) is 0 Å². The lowest BCUT2D eigenvalue weighted by molar-refractivity contribution is -0.234. The van der Waals surface area contributed by atoms with Crippen LogP contribution in [0.5, 0.6) is 0 Å². The van der Waals surface area contributed by atoms with Crippen molar-refractivity contribution in [3.8, 4) is 0 Å². The Bertz CT molecular complexity index is 324. The molecule has 0 atom stereocenters. The number of alkyl halides is 3. The van der Waals surface area contributed by atoms with Crippen molar-refractivity contribution in [2.45, 2.75) is 10.4 Å².